The lowest BCUT2D eigenvalue weighted by Gasteiger charge is -1.93. The molecule has 7 nitrogen and oxygen atoms in total. The molecule has 0 aliphatic carbocycles. The molecule has 0 bridgehead atoms. The van der Waals surface area contributed by atoms with Crippen molar-refractivity contribution in [3.8, 4) is 17.1 Å². The van der Waals surface area contributed by atoms with Crippen molar-refractivity contribution >= 4 is 38.2 Å². The van der Waals surface area contributed by atoms with Crippen LogP contribution in [0, 0.1) is 0 Å². The van der Waals surface area contributed by atoms with Gasteiger partial charge in [0.2, 0.25) is 10.9 Å². The third-order valence-corrected chi connectivity index (χ3v) is 4.93. The predicted octanol–water partition coefficient (Wildman–Crippen LogP) is 5.06. The van der Waals surface area contributed by atoms with E-state index in [1.54, 1.807) is 4.40 Å². The normalized spacial score (nSPS) is 11.8. The Hall–Kier alpha value is -3.52. The number of para-hydroxylation sites is 2. The van der Waals surface area contributed by atoms with Gasteiger partial charge in [-0.3, -0.25) is 9.50 Å². The maximum absolute atomic E-state index is 10.5. The summed E-state index contributed by atoms with van der Waals surface area (Å²) in [5.74, 6) is 0.473. The summed E-state index contributed by atoms with van der Waals surface area (Å²) in [6, 6.07) is 19.3. The zero-order chi connectivity index (χ0) is 17.5. The molecule has 0 unspecified atom stereocenters. The second-order valence-electron chi connectivity index (χ2n) is 5.66. The number of thiazole rings is 1. The van der Waals surface area contributed by atoms with E-state index in [0.29, 0.717) is 15.8 Å². The maximum atomic E-state index is 10.5. The van der Waals surface area contributed by atoms with Crippen LogP contribution >= 0.6 is 11.3 Å². The van der Waals surface area contributed by atoms with Gasteiger partial charge in [-0.2, -0.15) is 5.10 Å². The average Bonchev–Trinajstić information content (AvgIpc) is 3.36. The molecule has 0 radical (unpaired) electrons. The van der Waals surface area contributed by atoms with Crippen LogP contribution in [0.2, 0.25) is 0 Å². The van der Waals surface area contributed by atoms with Gasteiger partial charge in [-0.1, -0.05) is 53.8 Å². The molecule has 5 rings (SSSR count). The Kier molecular flexibility index (Phi) is 3.29. The highest BCUT2D eigenvalue weighted by Gasteiger charge is 2.15. The standard InChI is InChI=1S/C18H12N6OS/c25-17-16(26-18-19-12-8-4-5-9-14(12)24(17)18)23-22-15-10-13(20-21-15)11-6-2-1-3-7-11/h1-10,25H,(H,20,21). The zero-order valence-corrected chi connectivity index (χ0v) is 14.2. The van der Waals surface area contributed by atoms with Gasteiger partial charge in [0.1, 0.15) is 0 Å². The molecule has 0 atom stereocenters. The van der Waals surface area contributed by atoms with Gasteiger partial charge in [-0.15, -0.1) is 10.2 Å². The molecule has 8 heteroatoms. The quantitative estimate of drug-likeness (QED) is 0.441. The average molecular weight is 360 g/mol. The van der Waals surface area contributed by atoms with Crippen molar-refractivity contribution in [2.75, 3.05) is 0 Å². The van der Waals surface area contributed by atoms with Crippen LogP contribution in [-0.2, 0) is 0 Å². The second-order valence-corrected chi connectivity index (χ2v) is 6.61. The molecule has 2 aromatic carbocycles. The number of benzene rings is 2. The molecule has 0 amide bonds. The second kappa shape index (κ2) is 5.78. The molecule has 3 aromatic heterocycles. The van der Waals surface area contributed by atoms with Crippen molar-refractivity contribution in [2.24, 2.45) is 10.2 Å². The Bertz CT molecular complexity index is 1250. The Balaban J connectivity index is 1.50. The fourth-order valence-electron chi connectivity index (χ4n) is 2.79. The number of fused-ring (bicyclic) bond motifs is 3. The minimum absolute atomic E-state index is 0.0290. The van der Waals surface area contributed by atoms with E-state index >= 15 is 0 Å². The largest absolute Gasteiger partial charge is 0.492 e. The highest BCUT2D eigenvalue weighted by atomic mass is 32.1. The number of aromatic nitrogens is 4. The summed E-state index contributed by atoms with van der Waals surface area (Å²) < 4.78 is 1.67. The Morgan fingerprint density at radius 1 is 1.00 bits per heavy atom. The predicted molar refractivity (Wildman–Crippen MR) is 100 cm³/mol. The van der Waals surface area contributed by atoms with Crippen LogP contribution < -0.4 is 0 Å². The van der Waals surface area contributed by atoms with Crippen molar-refractivity contribution < 1.29 is 5.11 Å². The fraction of sp³-hybridized carbons (Fsp3) is 0. The summed E-state index contributed by atoms with van der Waals surface area (Å²) in [4.78, 5) is 5.16. The molecule has 3 heterocycles. The first-order chi connectivity index (χ1) is 12.8. The number of nitrogens with one attached hydrogen (secondary N) is 1. The van der Waals surface area contributed by atoms with Gasteiger partial charge >= 0.3 is 0 Å². The number of hydrogen-bond acceptors (Lipinski definition) is 6. The third kappa shape index (κ3) is 2.35. The third-order valence-electron chi connectivity index (χ3n) is 4.01. The van der Waals surface area contributed by atoms with Crippen molar-refractivity contribution in [3.63, 3.8) is 0 Å². The van der Waals surface area contributed by atoms with E-state index in [-0.39, 0.29) is 5.88 Å². The number of aromatic hydroxyl groups is 1. The maximum Gasteiger partial charge on any atom is 0.237 e. The van der Waals surface area contributed by atoms with Crippen LogP contribution in [0.1, 0.15) is 0 Å². The lowest BCUT2D eigenvalue weighted by Crippen LogP contribution is -1.77. The number of aromatic amines is 1. The van der Waals surface area contributed by atoms with E-state index in [1.807, 2.05) is 60.7 Å². The smallest absolute Gasteiger partial charge is 0.237 e. The van der Waals surface area contributed by atoms with Gasteiger partial charge in [0.25, 0.3) is 0 Å². The van der Waals surface area contributed by atoms with Gasteiger partial charge in [0.15, 0.2) is 10.8 Å². The van der Waals surface area contributed by atoms with E-state index in [4.69, 9.17) is 0 Å². The van der Waals surface area contributed by atoms with Gasteiger partial charge < -0.3 is 5.11 Å². The van der Waals surface area contributed by atoms with Gasteiger partial charge in [-0.25, -0.2) is 4.98 Å². The highest BCUT2D eigenvalue weighted by Crippen LogP contribution is 2.39. The van der Waals surface area contributed by atoms with Crippen molar-refractivity contribution in [1.29, 1.82) is 0 Å². The van der Waals surface area contributed by atoms with Crippen LogP contribution in [0.4, 0.5) is 10.8 Å². The zero-order valence-electron chi connectivity index (χ0n) is 13.4. The molecule has 0 saturated carbocycles. The van der Waals surface area contributed by atoms with Crippen LogP contribution in [-0.4, -0.2) is 24.7 Å². The van der Waals surface area contributed by atoms with E-state index in [2.05, 4.69) is 25.4 Å². The minimum atomic E-state index is 0.0290. The van der Waals surface area contributed by atoms with Gasteiger partial charge in [-0.05, 0) is 17.7 Å². The van der Waals surface area contributed by atoms with E-state index in [0.717, 1.165) is 22.3 Å². The highest BCUT2D eigenvalue weighted by molar-refractivity contribution is 7.21. The number of nitrogens with zero attached hydrogens (tertiary/aromatic N) is 5. The SMILES string of the molecule is Oc1c(N=Nc2cc(-c3ccccc3)[nH]n2)sc2nc3ccccc3n12. The lowest BCUT2D eigenvalue weighted by atomic mass is 10.2. The molecule has 0 saturated heterocycles. The van der Waals surface area contributed by atoms with Crippen LogP contribution in [0.15, 0.2) is 70.9 Å². The molecular weight excluding hydrogens is 348 g/mol. The summed E-state index contributed by atoms with van der Waals surface area (Å²) in [5.41, 5.74) is 3.54. The summed E-state index contributed by atoms with van der Waals surface area (Å²) in [6.45, 7) is 0. The van der Waals surface area contributed by atoms with Crippen molar-refractivity contribution in [3.05, 3.63) is 60.7 Å². The molecule has 0 aliphatic heterocycles. The summed E-state index contributed by atoms with van der Waals surface area (Å²) >= 11 is 1.28. The Morgan fingerprint density at radius 2 is 1.81 bits per heavy atom. The van der Waals surface area contributed by atoms with Gasteiger partial charge in [0.05, 0.1) is 16.7 Å². The monoisotopic (exact) mass is 360 g/mol. The van der Waals surface area contributed by atoms with E-state index in [9.17, 15) is 5.11 Å². The molecule has 26 heavy (non-hydrogen) atoms. The van der Waals surface area contributed by atoms with Gasteiger partial charge in [0, 0.05) is 6.07 Å². The number of hydrogen-bond donors (Lipinski definition) is 2. The topological polar surface area (TPSA) is 90.9 Å². The van der Waals surface area contributed by atoms with Crippen LogP contribution in [0.5, 0.6) is 5.88 Å². The Morgan fingerprint density at radius 3 is 2.69 bits per heavy atom. The van der Waals surface area contributed by atoms with Crippen LogP contribution in [0.25, 0.3) is 27.3 Å². The number of rotatable bonds is 3. The first-order valence-electron chi connectivity index (χ1n) is 7.91. The fourth-order valence-corrected chi connectivity index (χ4v) is 3.65. The summed E-state index contributed by atoms with van der Waals surface area (Å²) in [5, 5.41) is 26.2. The molecule has 0 aliphatic rings. The summed E-state index contributed by atoms with van der Waals surface area (Å²) in [7, 11) is 0. The van der Waals surface area contributed by atoms with E-state index < -0.39 is 0 Å². The Labute approximate surface area is 151 Å². The molecule has 2 N–H and O–H groups in total. The first-order valence-corrected chi connectivity index (χ1v) is 8.73. The number of H-pyrrole nitrogens is 1. The van der Waals surface area contributed by atoms with E-state index in [1.165, 1.54) is 11.3 Å². The van der Waals surface area contributed by atoms with Crippen LogP contribution in [0.3, 0.4) is 0 Å². The van der Waals surface area contributed by atoms with Crippen molar-refractivity contribution in [2.45, 2.75) is 0 Å². The number of imidazole rings is 1. The molecule has 126 valence electrons. The molecule has 5 aromatic rings. The molecular formula is C18H12N6OS. The molecule has 0 fully saturated rings. The number of azo groups is 1. The summed E-state index contributed by atoms with van der Waals surface area (Å²) in [6.07, 6.45) is 0. The lowest BCUT2D eigenvalue weighted by molar-refractivity contribution is 0.453. The molecule has 0 spiro atoms. The first kappa shape index (κ1) is 14.8. The van der Waals surface area contributed by atoms with Crippen molar-refractivity contribution in [1.82, 2.24) is 19.6 Å². The minimum Gasteiger partial charge on any atom is -0.492 e.